The summed E-state index contributed by atoms with van der Waals surface area (Å²) in [6.07, 6.45) is 0. The summed E-state index contributed by atoms with van der Waals surface area (Å²) in [5.41, 5.74) is 0.554. The van der Waals surface area contributed by atoms with Gasteiger partial charge in [0.2, 0.25) is 0 Å². The molecule has 21 heavy (non-hydrogen) atoms. The topological polar surface area (TPSA) is 47.0 Å². The summed E-state index contributed by atoms with van der Waals surface area (Å²) >= 11 is 1.56. The molecule has 0 fully saturated rings. The van der Waals surface area contributed by atoms with Crippen LogP contribution in [0.15, 0.2) is 29.6 Å². The van der Waals surface area contributed by atoms with Crippen LogP contribution in [0.3, 0.4) is 0 Å². The number of thiophene rings is 1. The highest BCUT2D eigenvalue weighted by Gasteiger charge is 2.08. The lowest BCUT2D eigenvalue weighted by molar-refractivity contribution is 0.296. The molecular formula is C15H14FN3OS. The smallest absolute Gasteiger partial charge is 0.169 e. The molecule has 2 heterocycles. The molecule has 0 amide bonds. The van der Waals surface area contributed by atoms with Gasteiger partial charge in [-0.15, -0.1) is 11.3 Å². The van der Waals surface area contributed by atoms with Crippen molar-refractivity contribution in [3.05, 3.63) is 46.9 Å². The summed E-state index contributed by atoms with van der Waals surface area (Å²) in [4.78, 5) is 9.82. The minimum atomic E-state index is -0.240. The monoisotopic (exact) mass is 303 g/mol. The molecule has 3 rings (SSSR count). The summed E-state index contributed by atoms with van der Waals surface area (Å²) in [6, 6.07) is 6.65. The number of aromatic nitrogens is 2. The molecule has 4 nitrogen and oxygen atoms in total. The largest absolute Gasteiger partial charge is 0.486 e. The van der Waals surface area contributed by atoms with Gasteiger partial charge in [0.15, 0.2) is 5.82 Å². The Kier molecular flexibility index (Phi) is 3.70. The third-order valence-electron chi connectivity index (χ3n) is 3.11. The van der Waals surface area contributed by atoms with E-state index in [1.807, 2.05) is 18.5 Å². The lowest BCUT2D eigenvalue weighted by atomic mass is 10.2. The number of halogens is 1. The van der Waals surface area contributed by atoms with Crippen LogP contribution in [0.5, 0.6) is 5.75 Å². The Bertz CT molecular complexity index is 788. The standard InChI is InChI=1S/C15H14FN3OS/c1-9-7-10(3-4-12(9)16)20-8-13-18-14(17-2)11-5-6-21-15(11)19-13/h3-7H,8H2,1-2H3,(H,17,18,19). The Hall–Kier alpha value is -2.21. The molecule has 0 saturated carbocycles. The van der Waals surface area contributed by atoms with Crippen LogP contribution in [0.4, 0.5) is 10.2 Å². The normalized spacial score (nSPS) is 10.8. The molecule has 1 N–H and O–H groups in total. The summed E-state index contributed by atoms with van der Waals surface area (Å²) in [6.45, 7) is 1.95. The van der Waals surface area contributed by atoms with Crippen LogP contribution < -0.4 is 10.1 Å². The zero-order chi connectivity index (χ0) is 14.8. The first-order chi connectivity index (χ1) is 10.2. The summed E-state index contributed by atoms with van der Waals surface area (Å²) in [7, 11) is 1.83. The van der Waals surface area contributed by atoms with E-state index < -0.39 is 0 Å². The van der Waals surface area contributed by atoms with Crippen LogP contribution in [0, 0.1) is 12.7 Å². The molecule has 0 radical (unpaired) electrons. The lowest BCUT2D eigenvalue weighted by Gasteiger charge is -2.08. The van der Waals surface area contributed by atoms with Gasteiger partial charge in [0, 0.05) is 7.05 Å². The highest BCUT2D eigenvalue weighted by Crippen LogP contribution is 2.25. The molecule has 0 bridgehead atoms. The Balaban J connectivity index is 1.82. The zero-order valence-electron chi connectivity index (χ0n) is 11.7. The maximum Gasteiger partial charge on any atom is 0.169 e. The first kappa shape index (κ1) is 13.8. The van der Waals surface area contributed by atoms with Crippen molar-refractivity contribution in [2.24, 2.45) is 0 Å². The predicted octanol–water partition coefficient (Wildman–Crippen LogP) is 3.76. The van der Waals surface area contributed by atoms with E-state index >= 15 is 0 Å². The van der Waals surface area contributed by atoms with E-state index in [2.05, 4.69) is 15.3 Å². The molecule has 108 valence electrons. The molecule has 0 aliphatic rings. The van der Waals surface area contributed by atoms with Gasteiger partial charge >= 0.3 is 0 Å². The van der Waals surface area contributed by atoms with Crippen molar-refractivity contribution in [1.29, 1.82) is 0 Å². The molecule has 0 aliphatic carbocycles. The zero-order valence-corrected chi connectivity index (χ0v) is 12.5. The second-order valence-electron chi connectivity index (χ2n) is 4.58. The van der Waals surface area contributed by atoms with Crippen molar-refractivity contribution in [2.45, 2.75) is 13.5 Å². The van der Waals surface area contributed by atoms with Gasteiger partial charge in [0.05, 0.1) is 5.39 Å². The average molecular weight is 303 g/mol. The molecule has 1 aromatic carbocycles. The highest BCUT2D eigenvalue weighted by atomic mass is 32.1. The lowest BCUT2D eigenvalue weighted by Crippen LogP contribution is -2.04. The number of nitrogens with one attached hydrogen (secondary N) is 1. The third kappa shape index (κ3) is 2.80. The fraction of sp³-hybridized carbons (Fsp3) is 0.200. The fourth-order valence-corrected chi connectivity index (χ4v) is 2.79. The Morgan fingerprint density at radius 3 is 2.90 bits per heavy atom. The molecule has 0 spiro atoms. The Morgan fingerprint density at radius 1 is 1.29 bits per heavy atom. The maximum atomic E-state index is 13.2. The van der Waals surface area contributed by atoms with Crippen LogP contribution in [0.2, 0.25) is 0 Å². The Morgan fingerprint density at radius 2 is 2.14 bits per heavy atom. The minimum absolute atomic E-state index is 0.240. The number of hydrogen-bond donors (Lipinski definition) is 1. The number of ether oxygens (including phenoxy) is 1. The number of aryl methyl sites for hydroxylation is 1. The van der Waals surface area contributed by atoms with E-state index in [1.165, 1.54) is 6.07 Å². The van der Waals surface area contributed by atoms with E-state index in [1.54, 1.807) is 30.4 Å². The summed E-state index contributed by atoms with van der Waals surface area (Å²) < 4.78 is 18.9. The maximum absolute atomic E-state index is 13.2. The number of benzene rings is 1. The molecular weight excluding hydrogens is 289 g/mol. The molecule has 0 atom stereocenters. The minimum Gasteiger partial charge on any atom is -0.486 e. The molecule has 3 aromatic rings. The average Bonchev–Trinajstić information content (AvgIpc) is 2.96. The molecule has 2 aromatic heterocycles. The van der Waals surface area contributed by atoms with E-state index in [4.69, 9.17) is 4.74 Å². The van der Waals surface area contributed by atoms with E-state index in [9.17, 15) is 4.39 Å². The van der Waals surface area contributed by atoms with Gasteiger partial charge < -0.3 is 10.1 Å². The number of anilines is 1. The van der Waals surface area contributed by atoms with Crippen LogP contribution in [-0.2, 0) is 6.61 Å². The van der Waals surface area contributed by atoms with Gasteiger partial charge in [-0.2, -0.15) is 0 Å². The van der Waals surface area contributed by atoms with Crippen LogP contribution in [0.25, 0.3) is 10.2 Å². The molecule has 6 heteroatoms. The van der Waals surface area contributed by atoms with Crippen molar-refractivity contribution < 1.29 is 9.13 Å². The number of fused-ring (bicyclic) bond motifs is 1. The number of rotatable bonds is 4. The third-order valence-corrected chi connectivity index (χ3v) is 3.91. The van der Waals surface area contributed by atoms with Gasteiger partial charge in [-0.1, -0.05) is 0 Å². The summed E-state index contributed by atoms with van der Waals surface area (Å²) in [5, 5.41) is 6.05. The summed E-state index contributed by atoms with van der Waals surface area (Å²) in [5.74, 6) is 1.75. The van der Waals surface area contributed by atoms with E-state index in [0.29, 0.717) is 17.1 Å². The predicted molar refractivity (Wildman–Crippen MR) is 82.4 cm³/mol. The van der Waals surface area contributed by atoms with Crippen molar-refractivity contribution in [3.8, 4) is 5.75 Å². The van der Waals surface area contributed by atoms with E-state index in [-0.39, 0.29) is 12.4 Å². The second-order valence-corrected chi connectivity index (χ2v) is 5.47. The highest BCUT2D eigenvalue weighted by molar-refractivity contribution is 7.16. The van der Waals surface area contributed by atoms with Crippen molar-refractivity contribution >= 4 is 27.4 Å². The van der Waals surface area contributed by atoms with Gasteiger partial charge in [0.1, 0.15) is 28.8 Å². The van der Waals surface area contributed by atoms with Crippen LogP contribution in [-0.4, -0.2) is 17.0 Å². The van der Waals surface area contributed by atoms with Crippen molar-refractivity contribution in [2.75, 3.05) is 12.4 Å². The first-order valence-electron chi connectivity index (χ1n) is 6.48. The SMILES string of the molecule is CNc1nc(COc2ccc(F)c(C)c2)nc2sccc12. The Labute approximate surface area is 125 Å². The van der Waals surface area contributed by atoms with Crippen LogP contribution >= 0.6 is 11.3 Å². The fourth-order valence-electron chi connectivity index (χ4n) is 2.01. The molecule has 0 unspecified atom stereocenters. The number of hydrogen-bond acceptors (Lipinski definition) is 5. The van der Waals surface area contributed by atoms with Crippen molar-refractivity contribution in [1.82, 2.24) is 9.97 Å². The van der Waals surface area contributed by atoms with Gasteiger partial charge in [-0.25, -0.2) is 14.4 Å². The van der Waals surface area contributed by atoms with Gasteiger partial charge in [0.25, 0.3) is 0 Å². The second kappa shape index (κ2) is 5.65. The van der Waals surface area contributed by atoms with Gasteiger partial charge in [-0.05, 0) is 42.1 Å². The van der Waals surface area contributed by atoms with Crippen LogP contribution in [0.1, 0.15) is 11.4 Å². The van der Waals surface area contributed by atoms with Crippen molar-refractivity contribution in [3.63, 3.8) is 0 Å². The quantitative estimate of drug-likeness (QED) is 0.797. The first-order valence-corrected chi connectivity index (χ1v) is 7.36. The van der Waals surface area contributed by atoms with E-state index in [0.717, 1.165) is 16.0 Å². The molecule has 0 saturated heterocycles. The molecule has 0 aliphatic heterocycles. The number of nitrogens with zero attached hydrogens (tertiary/aromatic N) is 2. The van der Waals surface area contributed by atoms with Gasteiger partial charge in [-0.3, -0.25) is 0 Å².